The van der Waals surface area contributed by atoms with Crippen LogP contribution in [-0.2, 0) is 0 Å². The Morgan fingerprint density at radius 3 is 2.44 bits per heavy atom. The highest BCUT2D eigenvalue weighted by molar-refractivity contribution is 5.57. The predicted molar refractivity (Wildman–Crippen MR) is 34.6 cm³/mol. The molecule has 0 aliphatic rings. The number of hydrogen-bond acceptors (Lipinski definition) is 5. The van der Waals surface area contributed by atoms with E-state index < -0.39 is 0 Å². The van der Waals surface area contributed by atoms with Gasteiger partial charge in [0.1, 0.15) is 0 Å². The van der Waals surface area contributed by atoms with Gasteiger partial charge in [0.25, 0.3) is 0 Å². The van der Waals surface area contributed by atoms with Gasteiger partial charge in [0.2, 0.25) is 0 Å². The number of rotatable bonds is 1. The fraction of sp³-hybridized carbons (Fsp3) is 0. The third-order valence-corrected chi connectivity index (χ3v) is 0.959. The Bertz CT molecular complexity index is 202. The Labute approximate surface area is 51.5 Å². The summed E-state index contributed by atoms with van der Waals surface area (Å²) in [5.74, 6) is 5.30. The first kappa shape index (κ1) is 5.70. The zero-order valence-corrected chi connectivity index (χ0v) is 4.70. The second-order valence-electron chi connectivity index (χ2n) is 1.53. The molecule has 0 aliphatic carbocycles. The molecular formula is C3H8N6. The molecular weight excluding hydrogens is 120 g/mol. The van der Waals surface area contributed by atoms with Crippen molar-refractivity contribution in [1.29, 1.82) is 0 Å². The summed E-state index contributed by atoms with van der Waals surface area (Å²) in [5, 5.41) is 3.66. The van der Waals surface area contributed by atoms with Crippen LogP contribution >= 0.6 is 0 Å². The molecule has 6 nitrogen and oxygen atoms in total. The lowest BCUT2D eigenvalue weighted by atomic mass is 10.5. The summed E-state index contributed by atoms with van der Waals surface area (Å²) in [6.45, 7) is 0. The fourth-order valence-electron chi connectivity index (χ4n) is 0.473. The molecule has 1 rings (SSSR count). The van der Waals surface area contributed by atoms with Gasteiger partial charge in [-0.25, -0.2) is 11.4 Å². The second kappa shape index (κ2) is 1.82. The topological polar surface area (TPSA) is 108 Å². The minimum atomic E-state index is 0.317. The monoisotopic (exact) mass is 128 g/mol. The summed E-state index contributed by atoms with van der Waals surface area (Å²) >= 11 is 0. The second-order valence-corrected chi connectivity index (χ2v) is 1.53. The number of nitrogen functional groups attached to an aromatic ring is 3. The van der Waals surface area contributed by atoms with E-state index >= 15 is 0 Å². The van der Waals surface area contributed by atoms with Crippen LogP contribution in [-0.4, -0.2) is 9.89 Å². The Kier molecular flexibility index (Phi) is 1.16. The minimum Gasteiger partial charge on any atom is -0.394 e. The number of hydrogen-bond donors (Lipinski definition) is 4. The van der Waals surface area contributed by atoms with E-state index in [1.54, 1.807) is 0 Å². The molecule has 1 aromatic rings. The van der Waals surface area contributed by atoms with Crippen LogP contribution in [0.2, 0.25) is 0 Å². The van der Waals surface area contributed by atoms with Crippen molar-refractivity contribution in [3.05, 3.63) is 6.20 Å². The molecule has 0 fully saturated rings. The summed E-state index contributed by atoms with van der Waals surface area (Å²) in [4.78, 5) is 1.18. The maximum Gasteiger partial charge on any atom is 0.169 e. The molecule has 0 aromatic carbocycles. The lowest BCUT2D eigenvalue weighted by molar-refractivity contribution is 0.764. The van der Waals surface area contributed by atoms with E-state index in [1.165, 1.54) is 11.0 Å². The van der Waals surface area contributed by atoms with Gasteiger partial charge in [0.15, 0.2) is 5.82 Å². The van der Waals surface area contributed by atoms with Crippen LogP contribution in [0.4, 0.5) is 11.5 Å². The van der Waals surface area contributed by atoms with Crippen LogP contribution in [0, 0.1) is 0 Å². The third kappa shape index (κ3) is 0.745. The molecule has 0 aliphatic heterocycles. The first-order valence-electron chi connectivity index (χ1n) is 2.31. The molecule has 0 unspecified atom stereocenters. The average molecular weight is 128 g/mol. The van der Waals surface area contributed by atoms with E-state index in [4.69, 9.17) is 17.3 Å². The van der Waals surface area contributed by atoms with Crippen molar-refractivity contribution in [2.75, 3.05) is 17.0 Å². The van der Waals surface area contributed by atoms with Gasteiger partial charge < -0.3 is 11.5 Å². The fourth-order valence-corrected chi connectivity index (χ4v) is 0.473. The summed E-state index contributed by atoms with van der Waals surface area (Å²) in [5.41, 5.74) is 13.3. The van der Waals surface area contributed by atoms with Gasteiger partial charge in [-0.3, -0.25) is 0 Å². The quantitative estimate of drug-likeness (QED) is 0.271. The van der Waals surface area contributed by atoms with E-state index in [-0.39, 0.29) is 0 Å². The average Bonchev–Trinajstić information content (AvgIpc) is 2.15. The number of hydrazine groups is 1. The molecule has 0 radical (unpaired) electrons. The molecule has 0 saturated heterocycles. The molecule has 1 heterocycles. The van der Waals surface area contributed by atoms with Crippen LogP contribution in [0.25, 0.3) is 0 Å². The maximum atomic E-state index is 5.35. The highest BCUT2D eigenvalue weighted by Gasteiger charge is 1.99. The van der Waals surface area contributed by atoms with Crippen molar-refractivity contribution in [2.24, 2.45) is 5.84 Å². The molecule has 1 aromatic heterocycles. The molecule has 0 spiro atoms. The smallest absolute Gasteiger partial charge is 0.169 e. The number of nitrogens with two attached hydrogens (primary N) is 3. The van der Waals surface area contributed by atoms with Crippen LogP contribution in [0.15, 0.2) is 6.20 Å². The molecule has 50 valence electrons. The van der Waals surface area contributed by atoms with Crippen molar-refractivity contribution in [1.82, 2.24) is 9.89 Å². The molecule has 0 bridgehead atoms. The zero-order chi connectivity index (χ0) is 6.85. The van der Waals surface area contributed by atoms with Gasteiger partial charge in [-0.2, -0.15) is 5.10 Å². The lowest BCUT2D eigenvalue weighted by Gasteiger charge is -1.98. The van der Waals surface area contributed by atoms with Crippen LogP contribution in [0.1, 0.15) is 0 Å². The molecule has 7 N–H and O–H groups in total. The standard InChI is InChI=1S/C3H8N6/c4-2-1-7-9(8-6)3(2)5/h1,8H,4-6H2. The molecule has 9 heavy (non-hydrogen) atoms. The Morgan fingerprint density at radius 1 is 1.56 bits per heavy atom. The summed E-state index contributed by atoms with van der Waals surface area (Å²) in [6, 6.07) is 0. The summed E-state index contributed by atoms with van der Waals surface area (Å²) < 4.78 is 0. The predicted octanol–water partition coefficient (Wildman–Crippen LogP) is -1.54. The Morgan fingerprint density at radius 2 is 2.22 bits per heavy atom. The van der Waals surface area contributed by atoms with Crippen LogP contribution in [0.5, 0.6) is 0 Å². The highest BCUT2D eigenvalue weighted by atomic mass is 15.7. The zero-order valence-electron chi connectivity index (χ0n) is 4.70. The largest absolute Gasteiger partial charge is 0.394 e. The van der Waals surface area contributed by atoms with Gasteiger partial charge >= 0.3 is 0 Å². The van der Waals surface area contributed by atoms with Crippen molar-refractivity contribution in [3.8, 4) is 0 Å². The first-order chi connectivity index (χ1) is 4.25. The molecule has 0 atom stereocenters. The highest BCUT2D eigenvalue weighted by Crippen LogP contribution is 2.08. The van der Waals surface area contributed by atoms with E-state index in [0.717, 1.165) is 0 Å². The van der Waals surface area contributed by atoms with Gasteiger partial charge in [0.05, 0.1) is 11.9 Å². The van der Waals surface area contributed by atoms with E-state index in [0.29, 0.717) is 11.5 Å². The molecule has 0 saturated carbocycles. The SMILES string of the molecule is NNn1ncc(N)c1N. The molecule has 0 amide bonds. The number of nitrogens with zero attached hydrogens (tertiary/aromatic N) is 2. The maximum absolute atomic E-state index is 5.35. The van der Waals surface area contributed by atoms with E-state index in [1.807, 2.05) is 0 Å². The van der Waals surface area contributed by atoms with Gasteiger partial charge in [-0.05, 0) is 0 Å². The first-order valence-corrected chi connectivity index (χ1v) is 2.31. The number of nitrogens with one attached hydrogen (secondary N) is 1. The minimum absolute atomic E-state index is 0.317. The van der Waals surface area contributed by atoms with Gasteiger partial charge in [0, 0.05) is 0 Å². The Balaban J connectivity index is 3.04. The van der Waals surface area contributed by atoms with Gasteiger partial charge in [-0.15, -0.1) is 4.79 Å². The van der Waals surface area contributed by atoms with Crippen LogP contribution < -0.4 is 22.8 Å². The number of anilines is 2. The summed E-state index contributed by atoms with van der Waals surface area (Å²) in [7, 11) is 0. The van der Waals surface area contributed by atoms with Crippen LogP contribution in [0.3, 0.4) is 0 Å². The van der Waals surface area contributed by atoms with Crippen molar-refractivity contribution < 1.29 is 0 Å². The van der Waals surface area contributed by atoms with E-state index in [2.05, 4.69) is 10.6 Å². The number of aromatic nitrogens is 2. The molecule has 6 heteroatoms. The lowest BCUT2D eigenvalue weighted by Crippen LogP contribution is -2.24. The summed E-state index contributed by atoms with van der Waals surface area (Å²) in [6.07, 6.45) is 1.41. The Hall–Kier alpha value is -1.43. The van der Waals surface area contributed by atoms with Crippen molar-refractivity contribution in [3.63, 3.8) is 0 Å². The van der Waals surface area contributed by atoms with Crippen molar-refractivity contribution in [2.45, 2.75) is 0 Å². The normalized spacial score (nSPS) is 9.44. The van der Waals surface area contributed by atoms with E-state index in [9.17, 15) is 0 Å². The van der Waals surface area contributed by atoms with Gasteiger partial charge in [-0.1, -0.05) is 0 Å². The van der Waals surface area contributed by atoms with Crippen molar-refractivity contribution >= 4 is 11.5 Å². The third-order valence-electron chi connectivity index (χ3n) is 0.959.